The molecule has 3 nitrogen and oxygen atoms in total. The summed E-state index contributed by atoms with van der Waals surface area (Å²) < 4.78 is 0. The van der Waals surface area contributed by atoms with E-state index >= 15 is 0 Å². The van der Waals surface area contributed by atoms with E-state index in [4.69, 9.17) is 5.11 Å². The van der Waals surface area contributed by atoms with Gasteiger partial charge >= 0.3 is 0 Å². The zero-order valence-corrected chi connectivity index (χ0v) is 10.6. The molecule has 1 aliphatic rings. The maximum absolute atomic E-state index is 12.2. The van der Waals surface area contributed by atoms with Crippen molar-refractivity contribution < 1.29 is 9.90 Å². The highest BCUT2D eigenvalue weighted by molar-refractivity contribution is 7.14. The Morgan fingerprint density at radius 2 is 2.35 bits per heavy atom. The average molecular weight is 249 g/mol. The van der Waals surface area contributed by atoms with Gasteiger partial charge < -0.3 is 10.0 Å². The van der Waals surface area contributed by atoms with Gasteiger partial charge in [-0.25, -0.2) is 0 Å². The highest BCUT2D eigenvalue weighted by atomic mass is 32.1. The van der Waals surface area contributed by atoms with E-state index in [-0.39, 0.29) is 12.5 Å². The lowest BCUT2D eigenvalue weighted by Crippen LogP contribution is -2.32. The Hall–Kier alpha value is -1.31. The Morgan fingerprint density at radius 3 is 2.94 bits per heavy atom. The monoisotopic (exact) mass is 249 g/mol. The van der Waals surface area contributed by atoms with Gasteiger partial charge in [0.05, 0.1) is 9.75 Å². The SMILES string of the molecule is CCN(C(=O)c1ccc(C#CCO)s1)C1CC1. The molecule has 17 heavy (non-hydrogen) atoms. The molecule has 2 rings (SSSR count). The Morgan fingerprint density at radius 1 is 1.59 bits per heavy atom. The van der Waals surface area contributed by atoms with Gasteiger partial charge in [-0.2, -0.15) is 0 Å². The molecule has 0 radical (unpaired) electrons. The fraction of sp³-hybridized carbons (Fsp3) is 0.462. The lowest BCUT2D eigenvalue weighted by Gasteiger charge is -2.19. The number of amides is 1. The van der Waals surface area contributed by atoms with Gasteiger partial charge in [-0.3, -0.25) is 4.79 Å². The van der Waals surface area contributed by atoms with Gasteiger partial charge in [-0.15, -0.1) is 11.3 Å². The molecule has 1 N–H and O–H groups in total. The zero-order valence-electron chi connectivity index (χ0n) is 9.77. The van der Waals surface area contributed by atoms with E-state index < -0.39 is 0 Å². The van der Waals surface area contributed by atoms with Crippen molar-refractivity contribution in [2.75, 3.05) is 13.2 Å². The van der Waals surface area contributed by atoms with Crippen LogP contribution in [0, 0.1) is 11.8 Å². The van der Waals surface area contributed by atoms with Crippen LogP contribution < -0.4 is 0 Å². The van der Waals surface area contributed by atoms with Gasteiger partial charge in [0, 0.05) is 12.6 Å². The third-order valence-electron chi connectivity index (χ3n) is 2.70. The summed E-state index contributed by atoms with van der Waals surface area (Å²) >= 11 is 1.39. The molecule has 1 saturated carbocycles. The van der Waals surface area contributed by atoms with Crippen LogP contribution in [0.4, 0.5) is 0 Å². The number of rotatable bonds is 3. The molecule has 1 amide bonds. The first kappa shape index (κ1) is 12.2. The Balaban J connectivity index is 2.10. The summed E-state index contributed by atoms with van der Waals surface area (Å²) in [6.45, 7) is 2.62. The van der Waals surface area contributed by atoms with Crippen LogP contribution in [-0.2, 0) is 0 Å². The van der Waals surface area contributed by atoms with Gasteiger partial charge in [-0.05, 0) is 31.9 Å². The fourth-order valence-electron chi connectivity index (χ4n) is 1.74. The molecule has 0 aliphatic heterocycles. The lowest BCUT2D eigenvalue weighted by atomic mass is 10.3. The van der Waals surface area contributed by atoms with E-state index in [0.29, 0.717) is 6.04 Å². The standard InChI is InChI=1S/C13H15NO2S/c1-2-14(10-5-6-10)13(16)12-8-7-11(17-12)4-3-9-15/h7-8,10,15H,2,5-6,9H2,1H3. The number of hydrogen-bond acceptors (Lipinski definition) is 3. The van der Waals surface area contributed by atoms with Crippen LogP contribution in [0.15, 0.2) is 12.1 Å². The predicted octanol–water partition coefficient (Wildman–Crippen LogP) is 1.72. The van der Waals surface area contributed by atoms with E-state index in [1.54, 1.807) is 0 Å². The summed E-state index contributed by atoms with van der Waals surface area (Å²) in [6, 6.07) is 4.10. The van der Waals surface area contributed by atoms with Gasteiger partial charge in [0.1, 0.15) is 6.61 Å². The highest BCUT2D eigenvalue weighted by Gasteiger charge is 2.32. The Kier molecular flexibility index (Phi) is 3.82. The minimum absolute atomic E-state index is 0.108. The van der Waals surface area contributed by atoms with Crippen molar-refractivity contribution in [3.63, 3.8) is 0 Å². The number of hydrogen-bond donors (Lipinski definition) is 1. The molecule has 1 heterocycles. The van der Waals surface area contributed by atoms with Crippen LogP contribution in [-0.4, -0.2) is 35.1 Å². The van der Waals surface area contributed by atoms with E-state index in [1.807, 2.05) is 24.0 Å². The second kappa shape index (κ2) is 5.35. The van der Waals surface area contributed by atoms with Crippen LogP contribution in [0.5, 0.6) is 0 Å². The maximum Gasteiger partial charge on any atom is 0.264 e. The topological polar surface area (TPSA) is 40.5 Å². The number of nitrogens with zero attached hydrogens (tertiary/aromatic N) is 1. The largest absolute Gasteiger partial charge is 0.384 e. The molecule has 0 saturated heterocycles. The number of carbonyl (C=O) groups is 1. The van der Waals surface area contributed by atoms with Crippen LogP contribution in [0.25, 0.3) is 0 Å². The number of aliphatic hydroxyl groups is 1. The number of carbonyl (C=O) groups excluding carboxylic acids is 1. The first-order chi connectivity index (χ1) is 8.26. The first-order valence-electron chi connectivity index (χ1n) is 5.76. The fourth-order valence-corrected chi connectivity index (χ4v) is 2.58. The van der Waals surface area contributed by atoms with Crippen molar-refractivity contribution in [1.29, 1.82) is 0 Å². The molecule has 1 aliphatic carbocycles. The minimum atomic E-state index is -0.148. The molecule has 4 heteroatoms. The molecule has 0 spiro atoms. The molecule has 1 aromatic rings. The summed E-state index contributed by atoms with van der Waals surface area (Å²) in [5.74, 6) is 5.51. The summed E-state index contributed by atoms with van der Waals surface area (Å²) in [5, 5.41) is 8.61. The van der Waals surface area contributed by atoms with E-state index in [1.165, 1.54) is 11.3 Å². The molecule has 0 unspecified atom stereocenters. The first-order valence-corrected chi connectivity index (χ1v) is 6.58. The third-order valence-corrected chi connectivity index (χ3v) is 3.69. The number of aliphatic hydroxyl groups excluding tert-OH is 1. The summed E-state index contributed by atoms with van der Waals surface area (Å²) in [7, 11) is 0. The van der Waals surface area contributed by atoms with Crippen LogP contribution in [0.3, 0.4) is 0 Å². The molecule has 0 bridgehead atoms. The minimum Gasteiger partial charge on any atom is -0.384 e. The highest BCUT2D eigenvalue weighted by Crippen LogP contribution is 2.29. The van der Waals surface area contributed by atoms with Gasteiger partial charge in [0.2, 0.25) is 0 Å². The average Bonchev–Trinajstić information content (AvgIpc) is 3.05. The molecular formula is C13H15NO2S. The summed E-state index contributed by atoms with van der Waals surface area (Å²) in [4.78, 5) is 15.7. The molecule has 1 aromatic heterocycles. The molecule has 1 fully saturated rings. The van der Waals surface area contributed by atoms with Crippen LogP contribution >= 0.6 is 11.3 Å². The van der Waals surface area contributed by atoms with E-state index in [0.717, 1.165) is 29.1 Å². The lowest BCUT2D eigenvalue weighted by molar-refractivity contribution is 0.0757. The molecule has 90 valence electrons. The predicted molar refractivity (Wildman–Crippen MR) is 68.0 cm³/mol. The van der Waals surface area contributed by atoms with E-state index in [2.05, 4.69) is 11.8 Å². The van der Waals surface area contributed by atoms with Crippen molar-refractivity contribution in [1.82, 2.24) is 4.90 Å². The normalized spacial score (nSPS) is 14.0. The Labute approximate surface area is 105 Å². The van der Waals surface area contributed by atoms with Gasteiger partial charge in [-0.1, -0.05) is 11.8 Å². The molecule has 0 aromatic carbocycles. The van der Waals surface area contributed by atoms with Crippen molar-refractivity contribution in [2.45, 2.75) is 25.8 Å². The van der Waals surface area contributed by atoms with Gasteiger partial charge in [0.15, 0.2) is 0 Å². The number of thiophene rings is 1. The van der Waals surface area contributed by atoms with Crippen molar-refractivity contribution in [3.05, 3.63) is 21.9 Å². The Bertz CT molecular complexity index is 465. The third kappa shape index (κ3) is 2.87. The van der Waals surface area contributed by atoms with Crippen molar-refractivity contribution in [2.24, 2.45) is 0 Å². The van der Waals surface area contributed by atoms with Crippen LogP contribution in [0.2, 0.25) is 0 Å². The second-order valence-corrected chi connectivity index (χ2v) is 5.03. The van der Waals surface area contributed by atoms with Crippen LogP contribution in [0.1, 0.15) is 34.3 Å². The maximum atomic E-state index is 12.2. The van der Waals surface area contributed by atoms with Crippen molar-refractivity contribution in [3.8, 4) is 11.8 Å². The smallest absolute Gasteiger partial charge is 0.264 e. The van der Waals surface area contributed by atoms with E-state index in [9.17, 15) is 4.79 Å². The zero-order chi connectivity index (χ0) is 12.3. The summed E-state index contributed by atoms with van der Waals surface area (Å²) in [6.07, 6.45) is 2.25. The summed E-state index contributed by atoms with van der Waals surface area (Å²) in [5.41, 5.74) is 0. The molecule has 0 atom stereocenters. The second-order valence-electron chi connectivity index (χ2n) is 3.95. The quantitative estimate of drug-likeness (QED) is 0.829. The van der Waals surface area contributed by atoms with Crippen molar-refractivity contribution >= 4 is 17.2 Å². The molecular weight excluding hydrogens is 234 g/mol. The van der Waals surface area contributed by atoms with Gasteiger partial charge in [0.25, 0.3) is 5.91 Å².